The van der Waals surface area contributed by atoms with Gasteiger partial charge in [0.2, 0.25) is 0 Å². The lowest BCUT2D eigenvalue weighted by atomic mass is 10.2. The van der Waals surface area contributed by atoms with E-state index in [4.69, 9.17) is 10.00 Å². The number of morpholine rings is 1. The van der Waals surface area contributed by atoms with Crippen LogP contribution in [0.25, 0.3) is 0 Å². The highest BCUT2D eigenvalue weighted by atomic mass is 32.2. The highest BCUT2D eigenvalue weighted by Crippen LogP contribution is 2.19. The quantitative estimate of drug-likeness (QED) is 0.601. The molecule has 0 spiro atoms. The SMILES string of the molecule is N#CC1CN(C2CCS(=O)(=O)C2)CCO1. The van der Waals surface area contributed by atoms with Crippen molar-refractivity contribution in [2.24, 2.45) is 0 Å². The van der Waals surface area contributed by atoms with Gasteiger partial charge in [0.15, 0.2) is 15.9 Å². The number of hydrogen-bond acceptors (Lipinski definition) is 5. The Hall–Kier alpha value is -0.640. The van der Waals surface area contributed by atoms with Gasteiger partial charge in [-0.1, -0.05) is 0 Å². The summed E-state index contributed by atoms with van der Waals surface area (Å²) in [6.45, 7) is 1.80. The van der Waals surface area contributed by atoms with Crippen molar-refractivity contribution in [2.75, 3.05) is 31.2 Å². The van der Waals surface area contributed by atoms with E-state index < -0.39 is 15.9 Å². The third-order valence-electron chi connectivity index (χ3n) is 2.97. The van der Waals surface area contributed by atoms with Crippen LogP contribution in [-0.2, 0) is 14.6 Å². The number of ether oxygens (including phenoxy) is 1. The highest BCUT2D eigenvalue weighted by Gasteiger charge is 2.34. The van der Waals surface area contributed by atoms with Crippen LogP contribution < -0.4 is 0 Å². The predicted molar refractivity (Wildman–Crippen MR) is 54.0 cm³/mol. The van der Waals surface area contributed by atoms with Gasteiger partial charge in [-0.3, -0.25) is 4.90 Å². The predicted octanol–water partition coefficient (Wildman–Crippen LogP) is -0.602. The molecular formula is C9H14N2O3S. The first kappa shape index (κ1) is 10.9. The Morgan fingerprint density at radius 2 is 2.27 bits per heavy atom. The van der Waals surface area contributed by atoms with Crippen LogP contribution in [0.3, 0.4) is 0 Å². The van der Waals surface area contributed by atoms with Gasteiger partial charge < -0.3 is 4.74 Å². The fourth-order valence-electron chi connectivity index (χ4n) is 2.14. The van der Waals surface area contributed by atoms with Crippen LogP contribution in [0.4, 0.5) is 0 Å². The first-order valence-electron chi connectivity index (χ1n) is 5.06. The first-order chi connectivity index (χ1) is 7.11. The van der Waals surface area contributed by atoms with Crippen LogP contribution >= 0.6 is 0 Å². The summed E-state index contributed by atoms with van der Waals surface area (Å²) in [5, 5.41) is 8.73. The van der Waals surface area contributed by atoms with Gasteiger partial charge in [-0.15, -0.1) is 0 Å². The summed E-state index contributed by atoms with van der Waals surface area (Å²) in [4.78, 5) is 2.07. The van der Waals surface area contributed by atoms with Crippen LogP contribution in [0.15, 0.2) is 0 Å². The number of nitrogens with zero attached hydrogens (tertiary/aromatic N) is 2. The van der Waals surface area contributed by atoms with Gasteiger partial charge in [-0.2, -0.15) is 5.26 Å². The van der Waals surface area contributed by atoms with E-state index in [1.807, 2.05) is 0 Å². The van der Waals surface area contributed by atoms with Gasteiger partial charge in [0.05, 0.1) is 24.2 Å². The van der Waals surface area contributed by atoms with Crippen molar-refractivity contribution in [1.29, 1.82) is 5.26 Å². The lowest BCUT2D eigenvalue weighted by molar-refractivity contribution is -0.0129. The Kier molecular flexibility index (Phi) is 2.96. The third kappa shape index (κ3) is 2.48. The van der Waals surface area contributed by atoms with Gasteiger partial charge in [0.25, 0.3) is 0 Å². The Morgan fingerprint density at radius 1 is 1.47 bits per heavy atom. The van der Waals surface area contributed by atoms with Crippen molar-refractivity contribution in [3.63, 3.8) is 0 Å². The van der Waals surface area contributed by atoms with Crippen molar-refractivity contribution >= 4 is 9.84 Å². The first-order valence-corrected chi connectivity index (χ1v) is 6.88. The number of nitriles is 1. The van der Waals surface area contributed by atoms with Crippen molar-refractivity contribution in [3.05, 3.63) is 0 Å². The van der Waals surface area contributed by atoms with Gasteiger partial charge in [0.1, 0.15) is 0 Å². The zero-order chi connectivity index (χ0) is 10.9. The van der Waals surface area contributed by atoms with Crippen molar-refractivity contribution in [1.82, 2.24) is 4.90 Å². The summed E-state index contributed by atoms with van der Waals surface area (Å²) in [5.41, 5.74) is 0. The van der Waals surface area contributed by atoms with E-state index >= 15 is 0 Å². The lowest BCUT2D eigenvalue weighted by Gasteiger charge is -2.33. The number of rotatable bonds is 1. The topological polar surface area (TPSA) is 70.4 Å². The van der Waals surface area contributed by atoms with E-state index in [-0.39, 0.29) is 17.5 Å². The number of sulfone groups is 1. The van der Waals surface area contributed by atoms with E-state index in [2.05, 4.69) is 11.0 Å². The van der Waals surface area contributed by atoms with E-state index in [0.717, 1.165) is 6.54 Å². The van der Waals surface area contributed by atoms with Crippen LogP contribution in [0.5, 0.6) is 0 Å². The zero-order valence-electron chi connectivity index (χ0n) is 8.42. The van der Waals surface area contributed by atoms with Crippen LogP contribution in [0.1, 0.15) is 6.42 Å². The summed E-state index contributed by atoms with van der Waals surface area (Å²) in [6.07, 6.45) is 0.294. The molecule has 0 amide bonds. The molecule has 2 aliphatic rings. The maximum atomic E-state index is 11.3. The van der Waals surface area contributed by atoms with Gasteiger partial charge in [0, 0.05) is 19.1 Å². The Bertz CT molecular complexity index is 373. The molecular weight excluding hydrogens is 216 g/mol. The maximum absolute atomic E-state index is 11.3. The fourth-order valence-corrected chi connectivity index (χ4v) is 3.90. The maximum Gasteiger partial charge on any atom is 0.156 e. The minimum Gasteiger partial charge on any atom is -0.361 e. The van der Waals surface area contributed by atoms with E-state index in [0.29, 0.717) is 19.6 Å². The molecule has 2 unspecified atom stereocenters. The lowest BCUT2D eigenvalue weighted by Crippen LogP contribution is -2.47. The molecule has 0 aromatic heterocycles. The largest absolute Gasteiger partial charge is 0.361 e. The minimum atomic E-state index is -2.83. The molecule has 0 N–H and O–H groups in total. The highest BCUT2D eigenvalue weighted by molar-refractivity contribution is 7.91. The minimum absolute atomic E-state index is 0.0924. The van der Waals surface area contributed by atoms with E-state index in [9.17, 15) is 8.42 Å². The average molecular weight is 230 g/mol. The summed E-state index contributed by atoms with van der Waals surface area (Å²) in [5.74, 6) is 0.525. The smallest absolute Gasteiger partial charge is 0.156 e. The molecule has 0 aliphatic carbocycles. The molecule has 84 valence electrons. The standard InChI is InChI=1S/C9H14N2O3S/c10-5-9-6-11(2-3-14-9)8-1-4-15(12,13)7-8/h8-9H,1-4,6-7H2. The summed E-state index contributed by atoms with van der Waals surface area (Å²) in [7, 11) is -2.83. The second-order valence-electron chi connectivity index (χ2n) is 4.04. The molecule has 15 heavy (non-hydrogen) atoms. The van der Waals surface area contributed by atoms with Crippen LogP contribution in [0.2, 0.25) is 0 Å². The molecule has 2 rings (SSSR count). The molecule has 0 aromatic carbocycles. The molecule has 0 bridgehead atoms. The molecule has 0 aromatic rings. The van der Waals surface area contributed by atoms with Gasteiger partial charge in [-0.25, -0.2) is 8.42 Å². The molecule has 2 atom stereocenters. The Morgan fingerprint density at radius 3 is 2.87 bits per heavy atom. The van der Waals surface area contributed by atoms with Crippen LogP contribution in [0, 0.1) is 11.3 Å². The van der Waals surface area contributed by atoms with E-state index in [1.54, 1.807) is 0 Å². The monoisotopic (exact) mass is 230 g/mol. The average Bonchev–Trinajstić information content (AvgIpc) is 2.59. The summed E-state index contributed by atoms with van der Waals surface area (Å²) < 4.78 is 27.8. The summed E-state index contributed by atoms with van der Waals surface area (Å²) in [6, 6.07) is 2.16. The Balaban J connectivity index is 1.98. The van der Waals surface area contributed by atoms with Gasteiger partial charge >= 0.3 is 0 Å². The number of hydrogen-bond donors (Lipinski definition) is 0. The molecule has 5 nitrogen and oxygen atoms in total. The molecule has 2 saturated heterocycles. The van der Waals surface area contributed by atoms with E-state index in [1.165, 1.54) is 0 Å². The fraction of sp³-hybridized carbons (Fsp3) is 0.889. The molecule has 2 aliphatic heterocycles. The second-order valence-corrected chi connectivity index (χ2v) is 6.27. The molecule has 0 radical (unpaired) electrons. The van der Waals surface area contributed by atoms with Crippen molar-refractivity contribution < 1.29 is 13.2 Å². The third-order valence-corrected chi connectivity index (χ3v) is 4.72. The molecule has 2 heterocycles. The van der Waals surface area contributed by atoms with Gasteiger partial charge in [-0.05, 0) is 6.42 Å². The molecule has 2 fully saturated rings. The Labute approximate surface area is 89.5 Å². The summed E-state index contributed by atoms with van der Waals surface area (Å²) >= 11 is 0. The normalized spacial score (nSPS) is 36.2. The van der Waals surface area contributed by atoms with Crippen molar-refractivity contribution in [2.45, 2.75) is 18.6 Å². The molecule has 0 saturated carbocycles. The second kappa shape index (κ2) is 4.08. The van der Waals surface area contributed by atoms with Crippen molar-refractivity contribution in [3.8, 4) is 6.07 Å². The van der Waals surface area contributed by atoms with Crippen LogP contribution in [-0.4, -0.2) is 56.7 Å². The molecule has 6 heteroatoms. The zero-order valence-corrected chi connectivity index (χ0v) is 9.24.